The van der Waals surface area contributed by atoms with Crippen LogP contribution < -0.4 is 0 Å². The maximum Gasteiger partial charge on any atom is 0.305 e. The second-order valence-electron chi connectivity index (χ2n) is 5.51. The van der Waals surface area contributed by atoms with E-state index in [2.05, 4.69) is 6.07 Å². The van der Waals surface area contributed by atoms with Gasteiger partial charge in [0, 0.05) is 19.5 Å². The quantitative estimate of drug-likeness (QED) is 0.718. The van der Waals surface area contributed by atoms with Gasteiger partial charge in [0.05, 0.1) is 35.9 Å². The van der Waals surface area contributed by atoms with E-state index in [0.29, 0.717) is 49.4 Å². The van der Waals surface area contributed by atoms with Gasteiger partial charge in [-0.3, -0.25) is 9.69 Å². The molecule has 1 saturated heterocycles. The fourth-order valence-electron chi connectivity index (χ4n) is 2.89. The van der Waals surface area contributed by atoms with Crippen molar-refractivity contribution in [2.45, 2.75) is 25.3 Å². The zero-order valence-corrected chi connectivity index (χ0v) is 15.1. The van der Waals surface area contributed by atoms with Crippen molar-refractivity contribution in [3.05, 3.63) is 33.8 Å². The minimum atomic E-state index is -0.967. The van der Waals surface area contributed by atoms with Crippen LogP contribution in [-0.2, 0) is 19.8 Å². The Kier molecular flexibility index (Phi) is 6.88. The third-order valence-electron chi connectivity index (χ3n) is 4.13. The molecule has 1 unspecified atom stereocenters. The minimum Gasteiger partial charge on any atom is -0.466 e. The number of morpholine rings is 1. The van der Waals surface area contributed by atoms with E-state index in [4.69, 9.17) is 32.7 Å². The molecule has 0 spiro atoms. The van der Waals surface area contributed by atoms with E-state index >= 15 is 0 Å². The molecule has 2 rings (SSSR count). The lowest BCUT2D eigenvalue weighted by Gasteiger charge is -2.41. The summed E-state index contributed by atoms with van der Waals surface area (Å²) in [6.45, 7) is 4.39. The number of benzene rings is 1. The number of rotatable bonds is 6. The van der Waals surface area contributed by atoms with Gasteiger partial charge in [-0.1, -0.05) is 29.3 Å². The zero-order valence-electron chi connectivity index (χ0n) is 13.6. The molecular formula is C17H20Cl2N2O3. The molecule has 24 heavy (non-hydrogen) atoms. The molecule has 0 aliphatic carbocycles. The molecule has 1 fully saturated rings. The van der Waals surface area contributed by atoms with Crippen LogP contribution in [0.1, 0.15) is 25.3 Å². The molecule has 0 N–H and O–H groups in total. The Bertz CT molecular complexity index is 627. The first-order chi connectivity index (χ1) is 11.5. The summed E-state index contributed by atoms with van der Waals surface area (Å²) in [5.41, 5.74) is -0.240. The number of halogens is 2. The predicted molar refractivity (Wildman–Crippen MR) is 92.0 cm³/mol. The number of esters is 1. The Morgan fingerprint density at radius 2 is 2.08 bits per heavy atom. The van der Waals surface area contributed by atoms with Crippen molar-refractivity contribution in [1.82, 2.24) is 4.90 Å². The van der Waals surface area contributed by atoms with Crippen molar-refractivity contribution in [3.8, 4) is 6.07 Å². The summed E-state index contributed by atoms with van der Waals surface area (Å²) >= 11 is 12.2. The lowest BCUT2D eigenvalue weighted by molar-refractivity contribution is -0.144. The van der Waals surface area contributed by atoms with Gasteiger partial charge in [-0.25, -0.2) is 0 Å². The molecular weight excluding hydrogens is 351 g/mol. The predicted octanol–water partition coefficient (Wildman–Crippen LogP) is 3.39. The third kappa shape index (κ3) is 4.20. The van der Waals surface area contributed by atoms with Crippen molar-refractivity contribution in [2.75, 3.05) is 32.9 Å². The molecule has 1 aliphatic heterocycles. The Balaban J connectivity index is 2.36. The fourth-order valence-corrected chi connectivity index (χ4v) is 3.19. The van der Waals surface area contributed by atoms with Crippen molar-refractivity contribution in [2.24, 2.45) is 0 Å². The number of ether oxygens (including phenoxy) is 2. The maximum absolute atomic E-state index is 11.8. The topological polar surface area (TPSA) is 62.6 Å². The van der Waals surface area contributed by atoms with Gasteiger partial charge in [0.15, 0.2) is 0 Å². The molecule has 0 aromatic heterocycles. The Morgan fingerprint density at radius 1 is 1.38 bits per heavy atom. The van der Waals surface area contributed by atoms with E-state index in [1.54, 1.807) is 25.1 Å². The second-order valence-corrected chi connectivity index (χ2v) is 6.32. The first-order valence-corrected chi connectivity index (χ1v) is 8.64. The van der Waals surface area contributed by atoms with Gasteiger partial charge in [0.1, 0.15) is 5.54 Å². The van der Waals surface area contributed by atoms with Gasteiger partial charge in [-0.2, -0.15) is 5.26 Å². The molecule has 1 aromatic carbocycles. The summed E-state index contributed by atoms with van der Waals surface area (Å²) in [5.74, 6) is -0.314. The van der Waals surface area contributed by atoms with Crippen molar-refractivity contribution in [1.29, 1.82) is 5.26 Å². The third-order valence-corrected chi connectivity index (χ3v) is 4.87. The highest BCUT2D eigenvalue weighted by Crippen LogP contribution is 2.36. The van der Waals surface area contributed by atoms with Gasteiger partial charge < -0.3 is 9.47 Å². The average Bonchev–Trinajstić information content (AvgIpc) is 2.60. The van der Waals surface area contributed by atoms with Gasteiger partial charge in [0.2, 0.25) is 0 Å². The first kappa shape index (κ1) is 19.0. The summed E-state index contributed by atoms with van der Waals surface area (Å²) in [5, 5.41) is 10.8. The highest BCUT2D eigenvalue weighted by Gasteiger charge is 2.40. The zero-order chi connectivity index (χ0) is 17.6. The van der Waals surface area contributed by atoms with E-state index in [9.17, 15) is 10.1 Å². The maximum atomic E-state index is 11.8. The number of nitrogens with zero attached hydrogens (tertiary/aromatic N) is 2. The lowest BCUT2D eigenvalue weighted by Crippen LogP contribution is -2.51. The van der Waals surface area contributed by atoms with Crippen LogP contribution in [-0.4, -0.2) is 43.8 Å². The number of carbonyl (C=O) groups is 1. The van der Waals surface area contributed by atoms with Crippen LogP contribution >= 0.6 is 23.2 Å². The normalized spacial score (nSPS) is 17.8. The number of hydrogen-bond donors (Lipinski definition) is 0. The van der Waals surface area contributed by atoms with Crippen molar-refractivity contribution in [3.63, 3.8) is 0 Å². The molecule has 1 atom stereocenters. The van der Waals surface area contributed by atoms with Crippen LogP contribution in [0.2, 0.25) is 10.0 Å². The van der Waals surface area contributed by atoms with Crippen LogP contribution in [0.25, 0.3) is 0 Å². The molecule has 0 saturated carbocycles. The summed E-state index contributed by atoms with van der Waals surface area (Å²) in [6.07, 6.45) is 0.472. The number of carbonyl (C=O) groups excluding carboxylic acids is 1. The van der Waals surface area contributed by atoms with Gasteiger partial charge >= 0.3 is 5.97 Å². The van der Waals surface area contributed by atoms with Crippen molar-refractivity contribution >= 4 is 29.2 Å². The van der Waals surface area contributed by atoms with Crippen LogP contribution in [0.15, 0.2) is 18.2 Å². The molecule has 0 bridgehead atoms. The largest absolute Gasteiger partial charge is 0.466 e. The molecule has 5 nitrogen and oxygen atoms in total. The Hall–Kier alpha value is -1.32. The SMILES string of the molecule is CCOC(=O)CCC(C#N)(c1ccc(Cl)c(Cl)c1)N1CCOCC1. The van der Waals surface area contributed by atoms with Crippen molar-refractivity contribution < 1.29 is 14.3 Å². The minimum absolute atomic E-state index is 0.152. The molecule has 1 heterocycles. The molecule has 0 radical (unpaired) electrons. The molecule has 7 heteroatoms. The van der Waals surface area contributed by atoms with E-state index in [1.807, 2.05) is 4.90 Å². The van der Waals surface area contributed by atoms with Crippen LogP contribution in [0, 0.1) is 11.3 Å². The van der Waals surface area contributed by atoms with E-state index in [0.717, 1.165) is 5.56 Å². The summed E-state index contributed by atoms with van der Waals surface area (Å²) in [7, 11) is 0. The van der Waals surface area contributed by atoms with E-state index < -0.39 is 5.54 Å². The van der Waals surface area contributed by atoms with Gasteiger partial charge in [0.25, 0.3) is 0 Å². The van der Waals surface area contributed by atoms with E-state index in [1.165, 1.54) is 0 Å². The molecule has 130 valence electrons. The monoisotopic (exact) mass is 370 g/mol. The second kappa shape index (κ2) is 8.68. The van der Waals surface area contributed by atoms with Crippen LogP contribution in [0.3, 0.4) is 0 Å². The summed E-state index contributed by atoms with van der Waals surface area (Å²) < 4.78 is 10.4. The van der Waals surface area contributed by atoms with Crippen LogP contribution in [0.4, 0.5) is 0 Å². The average molecular weight is 371 g/mol. The number of hydrogen-bond acceptors (Lipinski definition) is 5. The summed E-state index contributed by atoms with van der Waals surface area (Å²) in [6, 6.07) is 7.58. The smallest absolute Gasteiger partial charge is 0.305 e. The molecule has 1 aromatic rings. The molecule has 1 aliphatic rings. The Labute approximate surface area is 152 Å². The highest BCUT2D eigenvalue weighted by atomic mass is 35.5. The van der Waals surface area contributed by atoms with Gasteiger partial charge in [-0.15, -0.1) is 0 Å². The standard InChI is InChI=1S/C17H20Cl2N2O3/c1-2-24-16(22)5-6-17(12-20,21-7-9-23-10-8-21)13-3-4-14(18)15(19)11-13/h3-4,11H,2,5-10H2,1H3. The lowest BCUT2D eigenvalue weighted by atomic mass is 9.84. The van der Waals surface area contributed by atoms with Gasteiger partial charge in [-0.05, 0) is 31.0 Å². The highest BCUT2D eigenvalue weighted by molar-refractivity contribution is 6.42. The van der Waals surface area contributed by atoms with Crippen LogP contribution in [0.5, 0.6) is 0 Å². The fraction of sp³-hybridized carbons (Fsp3) is 0.529. The number of nitriles is 1. The first-order valence-electron chi connectivity index (χ1n) is 7.88. The van der Waals surface area contributed by atoms with E-state index in [-0.39, 0.29) is 12.4 Å². The Morgan fingerprint density at radius 3 is 2.67 bits per heavy atom. The molecule has 0 amide bonds. The summed E-state index contributed by atoms with van der Waals surface area (Å²) in [4.78, 5) is 13.9.